The molecule has 2 aromatic rings. The summed E-state index contributed by atoms with van der Waals surface area (Å²) in [6.45, 7) is 8.09. The molecule has 2 bridgehead atoms. The van der Waals surface area contributed by atoms with Gasteiger partial charge in [0.2, 0.25) is 0 Å². The van der Waals surface area contributed by atoms with Crippen LogP contribution in [0.5, 0.6) is 0 Å². The molecule has 25 heavy (non-hydrogen) atoms. The lowest BCUT2D eigenvalue weighted by atomic mass is 9.72. The molecule has 0 unspecified atom stereocenters. The lowest BCUT2D eigenvalue weighted by Gasteiger charge is -2.56. The average Bonchev–Trinajstić information content (AvgIpc) is 3.00. The number of amides is 1. The molecule has 3 aliphatic rings. The predicted octanol–water partition coefficient (Wildman–Crippen LogP) is 4.09. The van der Waals surface area contributed by atoms with Gasteiger partial charge in [-0.3, -0.25) is 9.69 Å². The maximum atomic E-state index is 13.8. The number of nitrogens with zero attached hydrogens (tertiary/aromatic N) is 1. The van der Waals surface area contributed by atoms with E-state index in [1.165, 1.54) is 17.4 Å². The van der Waals surface area contributed by atoms with Crippen LogP contribution in [0.2, 0.25) is 0 Å². The number of thiophene rings is 1. The fourth-order valence-electron chi connectivity index (χ4n) is 4.49. The lowest BCUT2D eigenvalue weighted by molar-refractivity contribution is -0.0377. The van der Waals surface area contributed by atoms with E-state index in [2.05, 4.69) is 24.1 Å². The van der Waals surface area contributed by atoms with Gasteiger partial charge in [0.1, 0.15) is 0 Å². The molecule has 3 nitrogen and oxygen atoms in total. The van der Waals surface area contributed by atoms with Crippen LogP contribution < -0.4 is 5.32 Å². The van der Waals surface area contributed by atoms with Crippen LogP contribution in [0.3, 0.4) is 0 Å². The van der Waals surface area contributed by atoms with Crippen LogP contribution >= 0.6 is 11.3 Å². The van der Waals surface area contributed by atoms with Gasteiger partial charge in [-0.25, -0.2) is 8.78 Å². The zero-order valence-corrected chi connectivity index (χ0v) is 15.5. The molecule has 1 aromatic carbocycles. The van der Waals surface area contributed by atoms with Gasteiger partial charge in [0.15, 0.2) is 11.6 Å². The van der Waals surface area contributed by atoms with E-state index >= 15 is 0 Å². The van der Waals surface area contributed by atoms with E-state index in [0.717, 1.165) is 25.9 Å². The second kappa shape index (κ2) is 5.74. The average molecular weight is 364 g/mol. The van der Waals surface area contributed by atoms with Gasteiger partial charge in [0.05, 0.1) is 4.88 Å². The minimum absolute atomic E-state index is 0.0678. The van der Waals surface area contributed by atoms with E-state index in [4.69, 9.17) is 0 Å². The molecular formula is C19H22F2N2OS. The van der Waals surface area contributed by atoms with Gasteiger partial charge in [-0.15, -0.1) is 11.3 Å². The van der Waals surface area contributed by atoms with Crippen molar-refractivity contribution in [2.45, 2.75) is 45.2 Å². The Hall–Kier alpha value is -1.53. The Morgan fingerprint density at radius 2 is 1.96 bits per heavy atom. The highest BCUT2D eigenvalue weighted by molar-refractivity contribution is 7.21. The minimum atomic E-state index is -0.867. The number of hydrogen-bond acceptors (Lipinski definition) is 3. The fourth-order valence-corrected chi connectivity index (χ4v) is 5.52. The molecule has 3 aliphatic heterocycles. The summed E-state index contributed by atoms with van der Waals surface area (Å²) in [7, 11) is 0. The molecule has 1 N–H and O–H groups in total. The van der Waals surface area contributed by atoms with Gasteiger partial charge in [-0.1, -0.05) is 0 Å². The van der Waals surface area contributed by atoms with Gasteiger partial charge in [-0.2, -0.15) is 0 Å². The zero-order valence-electron chi connectivity index (χ0n) is 14.7. The summed E-state index contributed by atoms with van der Waals surface area (Å²) in [5.74, 6) is -1.35. The molecule has 1 aromatic heterocycles. The quantitative estimate of drug-likeness (QED) is 0.870. The van der Waals surface area contributed by atoms with Crippen LogP contribution in [-0.4, -0.2) is 35.5 Å². The SMILES string of the molecule is Cc1c(F)c(F)cc2cc(C(=O)N[C@H]3C4CCN(CC4)C3(C)C)sc12. The third-order valence-corrected chi connectivity index (χ3v) is 7.29. The topological polar surface area (TPSA) is 32.3 Å². The summed E-state index contributed by atoms with van der Waals surface area (Å²) in [6.07, 6.45) is 2.21. The van der Waals surface area contributed by atoms with Crippen molar-refractivity contribution in [1.82, 2.24) is 10.2 Å². The van der Waals surface area contributed by atoms with Gasteiger partial charge in [0.25, 0.3) is 5.91 Å². The molecule has 134 valence electrons. The third kappa shape index (κ3) is 2.57. The summed E-state index contributed by atoms with van der Waals surface area (Å²) in [5.41, 5.74) is 0.198. The van der Waals surface area contributed by atoms with Crippen molar-refractivity contribution in [3.05, 3.63) is 34.2 Å². The van der Waals surface area contributed by atoms with E-state index in [9.17, 15) is 13.6 Å². The van der Waals surface area contributed by atoms with Crippen LogP contribution in [-0.2, 0) is 0 Å². The molecule has 5 rings (SSSR count). The van der Waals surface area contributed by atoms with Crippen molar-refractivity contribution in [1.29, 1.82) is 0 Å². The highest BCUT2D eigenvalue weighted by atomic mass is 32.1. The van der Waals surface area contributed by atoms with Crippen molar-refractivity contribution < 1.29 is 13.6 Å². The number of piperidine rings is 3. The molecule has 3 fully saturated rings. The Labute approximate surface area is 150 Å². The molecule has 0 aliphatic carbocycles. The first kappa shape index (κ1) is 16.9. The third-order valence-electron chi connectivity index (χ3n) is 6.02. The highest BCUT2D eigenvalue weighted by Gasteiger charge is 2.48. The minimum Gasteiger partial charge on any atom is -0.346 e. The van der Waals surface area contributed by atoms with E-state index in [-0.39, 0.29) is 23.1 Å². The molecule has 3 saturated heterocycles. The summed E-state index contributed by atoms with van der Waals surface area (Å²) >= 11 is 1.23. The molecule has 0 spiro atoms. The van der Waals surface area contributed by atoms with Crippen LogP contribution in [0.4, 0.5) is 8.78 Å². The van der Waals surface area contributed by atoms with Crippen molar-refractivity contribution in [2.24, 2.45) is 5.92 Å². The number of carbonyl (C=O) groups excluding carboxylic acids is 1. The summed E-state index contributed by atoms with van der Waals surface area (Å²) in [5, 5.41) is 3.79. The summed E-state index contributed by atoms with van der Waals surface area (Å²) in [6, 6.07) is 2.94. The molecule has 0 saturated carbocycles. The number of carbonyl (C=O) groups is 1. The van der Waals surface area contributed by atoms with E-state index < -0.39 is 11.6 Å². The summed E-state index contributed by atoms with van der Waals surface area (Å²) < 4.78 is 28.0. The molecule has 6 heteroatoms. The zero-order chi connectivity index (χ0) is 17.9. The van der Waals surface area contributed by atoms with E-state index in [0.29, 0.717) is 20.9 Å². The molecule has 1 atom stereocenters. The van der Waals surface area contributed by atoms with E-state index in [1.807, 2.05) is 0 Å². The summed E-state index contributed by atoms with van der Waals surface area (Å²) in [4.78, 5) is 15.8. The van der Waals surface area contributed by atoms with Crippen molar-refractivity contribution in [3.8, 4) is 0 Å². The highest BCUT2D eigenvalue weighted by Crippen LogP contribution is 2.39. The maximum absolute atomic E-state index is 13.8. The van der Waals surface area contributed by atoms with Gasteiger partial charge >= 0.3 is 0 Å². The smallest absolute Gasteiger partial charge is 0.261 e. The number of hydrogen-bond donors (Lipinski definition) is 1. The van der Waals surface area contributed by atoms with E-state index in [1.54, 1.807) is 13.0 Å². The normalized spacial score (nSPS) is 27.6. The van der Waals surface area contributed by atoms with Gasteiger partial charge < -0.3 is 5.32 Å². The number of nitrogens with one attached hydrogen (secondary N) is 1. The number of halogens is 2. The molecular weight excluding hydrogens is 342 g/mol. The monoisotopic (exact) mass is 364 g/mol. The first-order valence-electron chi connectivity index (χ1n) is 8.73. The lowest BCUT2D eigenvalue weighted by Crippen LogP contribution is -2.69. The fraction of sp³-hybridized carbons (Fsp3) is 0.526. The van der Waals surface area contributed by atoms with Crippen LogP contribution in [0.25, 0.3) is 10.1 Å². The molecule has 0 radical (unpaired) electrons. The van der Waals surface area contributed by atoms with Gasteiger partial charge in [-0.05, 0) is 70.1 Å². The Morgan fingerprint density at radius 1 is 1.28 bits per heavy atom. The number of benzene rings is 1. The van der Waals surface area contributed by atoms with Gasteiger partial charge in [0, 0.05) is 21.8 Å². The van der Waals surface area contributed by atoms with Crippen molar-refractivity contribution in [3.63, 3.8) is 0 Å². The largest absolute Gasteiger partial charge is 0.346 e. The first-order chi connectivity index (χ1) is 11.8. The predicted molar refractivity (Wildman–Crippen MR) is 96.1 cm³/mol. The van der Waals surface area contributed by atoms with Crippen molar-refractivity contribution >= 4 is 27.3 Å². The number of aryl methyl sites for hydroxylation is 1. The molecule has 1 amide bonds. The van der Waals surface area contributed by atoms with Crippen LogP contribution in [0, 0.1) is 24.5 Å². The first-order valence-corrected chi connectivity index (χ1v) is 9.54. The second-order valence-electron chi connectivity index (χ2n) is 7.76. The van der Waals surface area contributed by atoms with Crippen LogP contribution in [0.1, 0.15) is 41.9 Å². The second-order valence-corrected chi connectivity index (χ2v) is 8.81. The van der Waals surface area contributed by atoms with Crippen LogP contribution in [0.15, 0.2) is 12.1 Å². The standard InChI is InChI=1S/C19H22F2N2OS/c1-10-15(21)13(20)8-12-9-14(25-16(10)12)18(24)22-17-11-4-6-23(7-5-11)19(17,2)3/h8-9,11,17H,4-7H2,1-3H3,(H,22,24)/t17-/m0/s1. The Kier molecular flexibility index (Phi) is 3.88. The Balaban J connectivity index is 1.63. The Morgan fingerprint density at radius 3 is 2.60 bits per heavy atom. The van der Waals surface area contributed by atoms with Crippen molar-refractivity contribution in [2.75, 3.05) is 13.1 Å². The Bertz CT molecular complexity index is 853. The number of fused-ring (bicyclic) bond motifs is 4. The number of rotatable bonds is 2. The molecule has 4 heterocycles. The maximum Gasteiger partial charge on any atom is 0.261 e.